The van der Waals surface area contributed by atoms with Crippen LogP contribution in [0, 0.1) is 0 Å². The Morgan fingerprint density at radius 1 is 1.06 bits per heavy atom. The van der Waals surface area contributed by atoms with Crippen LogP contribution in [0.25, 0.3) is 0 Å². The summed E-state index contributed by atoms with van der Waals surface area (Å²) in [5.41, 5.74) is -0.603. The van der Waals surface area contributed by atoms with Gasteiger partial charge in [-0.1, -0.05) is 0 Å². The molecule has 1 aliphatic carbocycles. The van der Waals surface area contributed by atoms with Crippen LogP contribution in [-0.4, -0.2) is 38.6 Å². The zero-order valence-corrected chi connectivity index (χ0v) is 17.4. The van der Waals surface area contributed by atoms with E-state index < -0.39 is 27.7 Å². The smallest absolute Gasteiger partial charge is 0.417 e. The van der Waals surface area contributed by atoms with Gasteiger partial charge in [0.25, 0.3) is 0 Å². The summed E-state index contributed by atoms with van der Waals surface area (Å²) >= 11 is 0. The molecule has 0 atom stereocenters. The molecule has 2 aromatic rings. The molecule has 0 amide bonds. The predicted molar refractivity (Wildman–Crippen MR) is 104 cm³/mol. The molecule has 1 aliphatic rings. The number of aromatic nitrogens is 1. The molecule has 0 bridgehead atoms. The predicted octanol–water partition coefficient (Wildman–Crippen LogP) is 3.56. The van der Waals surface area contributed by atoms with Gasteiger partial charge in [-0.2, -0.15) is 13.2 Å². The Hall–Kier alpha value is -2.66. The molecule has 1 heterocycles. The summed E-state index contributed by atoms with van der Waals surface area (Å²) in [6, 6.07) is 7.21. The Morgan fingerprint density at radius 3 is 2.23 bits per heavy atom. The highest BCUT2D eigenvalue weighted by molar-refractivity contribution is 7.89. The van der Waals surface area contributed by atoms with Gasteiger partial charge in [-0.3, -0.25) is 0 Å². The van der Waals surface area contributed by atoms with Crippen molar-refractivity contribution in [3.05, 3.63) is 53.7 Å². The van der Waals surface area contributed by atoms with Crippen molar-refractivity contribution in [2.24, 2.45) is 0 Å². The second-order valence-corrected chi connectivity index (χ2v) is 8.83. The molecule has 0 spiro atoms. The van der Waals surface area contributed by atoms with Gasteiger partial charge >= 0.3 is 12.1 Å². The van der Waals surface area contributed by atoms with Crippen molar-refractivity contribution in [1.82, 2.24) is 9.71 Å². The number of nitrogens with zero attached hydrogens (tertiary/aromatic N) is 1. The molecule has 1 fully saturated rings. The van der Waals surface area contributed by atoms with E-state index in [1.54, 1.807) is 0 Å². The number of nitrogens with one attached hydrogen (secondary N) is 1. The van der Waals surface area contributed by atoms with Crippen molar-refractivity contribution >= 4 is 16.0 Å². The second kappa shape index (κ2) is 9.23. The van der Waals surface area contributed by atoms with E-state index in [0.717, 1.165) is 12.3 Å². The van der Waals surface area contributed by atoms with E-state index in [9.17, 15) is 26.4 Å². The quantitative estimate of drug-likeness (QED) is 0.666. The molecule has 168 valence electrons. The lowest BCUT2D eigenvalue weighted by atomic mass is 9.94. The first kappa shape index (κ1) is 23.0. The molecule has 1 aromatic carbocycles. The number of hydrogen-bond donors (Lipinski definition) is 1. The fourth-order valence-corrected chi connectivity index (χ4v) is 4.57. The van der Waals surface area contributed by atoms with Crippen molar-refractivity contribution in [1.29, 1.82) is 0 Å². The number of hydrogen-bond acceptors (Lipinski definition) is 6. The molecule has 31 heavy (non-hydrogen) atoms. The molecule has 0 unspecified atom stereocenters. The monoisotopic (exact) mass is 458 g/mol. The lowest BCUT2D eigenvalue weighted by molar-refractivity contribution is -0.137. The van der Waals surface area contributed by atoms with E-state index in [0.29, 0.717) is 25.7 Å². The maximum Gasteiger partial charge on any atom is 0.417 e. The van der Waals surface area contributed by atoms with E-state index in [4.69, 9.17) is 4.74 Å². The second-order valence-electron chi connectivity index (χ2n) is 7.11. The zero-order valence-electron chi connectivity index (χ0n) is 16.6. The Kier molecular flexibility index (Phi) is 6.85. The van der Waals surface area contributed by atoms with Gasteiger partial charge in [-0.25, -0.2) is 22.9 Å². The van der Waals surface area contributed by atoms with Crippen LogP contribution in [0.2, 0.25) is 0 Å². The molecule has 11 heteroatoms. The summed E-state index contributed by atoms with van der Waals surface area (Å²) in [5, 5.41) is 0. The number of pyridine rings is 1. The highest BCUT2D eigenvalue weighted by Gasteiger charge is 2.31. The molecule has 0 saturated heterocycles. The molecule has 3 rings (SSSR count). The van der Waals surface area contributed by atoms with Gasteiger partial charge in [0.15, 0.2) is 0 Å². The maximum atomic E-state index is 12.6. The van der Waals surface area contributed by atoms with Gasteiger partial charge in [0.05, 0.1) is 23.1 Å². The molecule has 1 aromatic heterocycles. The third-order valence-electron chi connectivity index (χ3n) is 4.93. The Balaban J connectivity index is 1.53. The van der Waals surface area contributed by atoms with Gasteiger partial charge in [-0.15, -0.1) is 0 Å². The number of methoxy groups -OCH3 is 1. The highest BCUT2D eigenvalue weighted by atomic mass is 32.2. The van der Waals surface area contributed by atoms with Crippen LogP contribution >= 0.6 is 0 Å². The minimum absolute atomic E-state index is 0.0347. The number of alkyl halides is 3. The molecular weight excluding hydrogens is 437 g/mol. The summed E-state index contributed by atoms with van der Waals surface area (Å²) in [7, 11) is -2.53. The lowest BCUT2D eigenvalue weighted by Gasteiger charge is -2.29. The fraction of sp³-hybridized carbons (Fsp3) is 0.400. The standard InChI is InChI=1S/C20H21F3N2O5S/c1-29-19(26)13-2-9-17(10-3-13)31(27,28)25-15-5-7-16(8-6-15)30-18-11-4-14(12-24-18)20(21,22)23/h2-4,9-12,15-16,25H,5-8H2,1H3. The minimum Gasteiger partial charge on any atom is -0.474 e. The third-order valence-corrected chi connectivity index (χ3v) is 6.47. The molecule has 7 nitrogen and oxygen atoms in total. The van der Waals surface area contributed by atoms with Gasteiger partial charge in [0, 0.05) is 18.3 Å². The topological polar surface area (TPSA) is 94.6 Å². The fourth-order valence-electron chi connectivity index (χ4n) is 3.26. The molecule has 0 aliphatic heterocycles. The van der Waals surface area contributed by atoms with Gasteiger partial charge in [0.2, 0.25) is 15.9 Å². The number of halogens is 3. The van der Waals surface area contributed by atoms with E-state index in [1.807, 2.05) is 0 Å². The van der Waals surface area contributed by atoms with Gasteiger partial charge in [0.1, 0.15) is 6.10 Å². The molecular formula is C20H21F3N2O5S. The zero-order chi connectivity index (χ0) is 22.6. The Morgan fingerprint density at radius 2 is 1.71 bits per heavy atom. The molecule has 1 saturated carbocycles. The normalized spacial score (nSPS) is 19.6. The van der Waals surface area contributed by atoms with Crippen molar-refractivity contribution in [3.8, 4) is 5.88 Å². The first-order valence-corrected chi connectivity index (χ1v) is 11.0. The average molecular weight is 458 g/mol. The summed E-state index contributed by atoms with van der Waals surface area (Å²) in [6.07, 6.45) is -1.94. The summed E-state index contributed by atoms with van der Waals surface area (Å²) in [6.45, 7) is 0. The Labute approximate surface area is 177 Å². The number of carbonyl (C=O) groups excluding carboxylic acids is 1. The van der Waals surface area contributed by atoms with Gasteiger partial charge < -0.3 is 9.47 Å². The maximum absolute atomic E-state index is 12.6. The van der Waals surface area contributed by atoms with Crippen LogP contribution in [0.1, 0.15) is 41.6 Å². The number of sulfonamides is 1. The highest BCUT2D eigenvalue weighted by Crippen LogP contribution is 2.30. The van der Waals surface area contributed by atoms with Crippen LogP contribution < -0.4 is 9.46 Å². The summed E-state index contributed by atoms with van der Waals surface area (Å²) in [4.78, 5) is 15.2. The van der Waals surface area contributed by atoms with Gasteiger partial charge in [-0.05, 0) is 56.0 Å². The van der Waals surface area contributed by atoms with Crippen molar-refractivity contribution in [3.63, 3.8) is 0 Å². The minimum atomic E-state index is -4.46. The van der Waals surface area contributed by atoms with Crippen molar-refractivity contribution in [2.75, 3.05) is 7.11 Å². The van der Waals surface area contributed by atoms with Crippen LogP contribution in [0.3, 0.4) is 0 Å². The van der Waals surface area contributed by atoms with Crippen LogP contribution in [0.4, 0.5) is 13.2 Å². The number of ether oxygens (including phenoxy) is 2. The largest absolute Gasteiger partial charge is 0.474 e. The van der Waals surface area contributed by atoms with Crippen LogP contribution in [0.15, 0.2) is 47.5 Å². The van der Waals surface area contributed by atoms with E-state index >= 15 is 0 Å². The summed E-state index contributed by atoms with van der Waals surface area (Å²) < 4.78 is 75.8. The lowest BCUT2D eigenvalue weighted by Crippen LogP contribution is -2.39. The summed E-state index contributed by atoms with van der Waals surface area (Å²) in [5.74, 6) is -0.458. The number of rotatable bonds is 6. The molecule has 1 N–H and O–H groups in total. The van der Waals surface area contributed by atoms with E-state index in [-0.39, 0.29) is 28.5 Å². The van der Waals surface area contributed by atoms with Crippen molar-refractivity contribution < 1.29 is 35.9 Å². The Bertz CT molecular complexity index is 1000. The number of carbonyl (C=O) groups is 1. The van der Waals surface area contributed by atoms with Crippen LogP contribution in [-0.2, 0) is 20.9 Å². The van der Waals surface area contributed by atoms with Crippen LogP contribution in [0.5, 0.6) is 5.88 Å². The molecule has 0 radical (unpaired) electrons. The first-order valence-electron chi connectivity index (χ1n) is 9.49. The number of esters is 1. The SMILES string of the molecule is COC(=O)c1ccc(S(=O)(=O)NC2CCC(Oc3ccc(C(F)(F)F)cn3)CC2)cc1. The third kappa shape index (κ3) is 5.95. The number of benzene rings is 1. The van der Waals surface area contributed by atoms with E-state index in [2.05, 4.69) is 14.4 Å². The van der Waals surface area contributed by atoms with E-state index in [1.165, 1.54) is 37.4 Å². The average Bonchev–Trinajstić information content (AvgIpc) is 2.74. The van der Waals surface area contributed by atoms with Crippen molar-refractivity contribution in [2.45, 2.75) is 48.9 Å². The first-order chi connectivity index (χ1) is 14.6.